The molecule has 1 aliphatic carbocycles. The molecule has 106 valence electrons. The van der Waals surface area contributed by atoms with E-state index in [2.05, 4.69) is 6.92 Å². The molecule has 20 heavy (non-hydrogen) atoms. The highest BCUT2D eigenvalue weighted by molar-refractivity contribution is 6.52. The maximum absolute atomic E-state index is 12.3. The Morgan fingerprint density at radius 1 is 1.05 bits per heavy atom. The smallest absolute Gasteiger partial charge is 0.234 e. The van der Waals surface area contributed by atoms with Crippen LogP contribution < -0.4 is 0 Å². The van der Waals surface area contributed by atoms with E-state index < -0.39 is 17.0 Å². The molecule has 3 nitrogen and oxygen atoms in total. The summed E-state index contributed by atoms with van der Waals surface area (Å²) in [5, 5.41) is 10.5. The first-order chi connectivity index (χ1) is 9.40. The van der Waals surface area contributed by atoms with E-state index >= 15 is 0 Å². The Morgan fingerprint density at radius 2 is 1.65 bits per heavy atom. The number of unbranched alkanes of at least 4 members (excludes halogenated alkanes) is 1. The lowest BCUT2D eigenvalue weighted by Crippen LogP contribution is -2.32. The maximum Gasteiger partial charge on any atom is 0.234 e. The second-order valence-electron chi connectivity index (χ2n) is 5.91. The Bertz CT molecular complexity index is 594. The summed E-state index contributed by atoms with van der Waals surface area (Å²) in [7, 11) is 0. The van der Waals surface area contributed by atoms with Crippen LogP contribution in [-0.2, 0) is 4.79 Å². The van der Waals surface area contributed by atoms with Gasteiger partial charge in [-0.1, -0.05) is 57.9 Å². The van der Waals surface area contributed by atoms with E-state index in [1.165, 1.54) is 0 Å². The molecule has 1 aromatic carbocycles. The van der Waals surface area contributed by atoms with Gasteiger partial charge in [0.1, 0.15) is 5.76 Å². The minimum Gasteiger partial charge on any atom is -0.507 e. The van der Waals surface area contributed by atoms with Crippen LogP contribution in [0.1, 0.15) is 56.0 Å². The molecule has 1 N–H and O–H groups in total. The van der Waals surface area contributed by atoms with Crippen LogP contribution in [-0.4, -0.2) is 16.7 Å². The summed E-state index contributed by atoms with van der Waals surface area (Å²) in [5.41, 5.74) is 0.525. The zero-order valence-electron chi connectivity index (χ0n) is 12.2. The molecule has 0 saturated carbocycles. The summed E-state index contributed by atoms with van der Waals surface area (Å²) in [6, 6.07) is 6.73. The number of allylic oxidation sites excluding steroid dienone is 1. The Balaban J connectivity index is 2.57. The Labute approximate surface area is 119 Å². The van der Waals surface area contributed by atoms with Crippen LogP contribution in [0.3, 0.4) is 0 Å². The minimum atomic E-state index is -0.567. The molecular formula is C17H20O3. The van der Waals surface area contributed by atoms with E-state index in [0.29, 0.717) is 11.1 Å². The lowest BCUT2D eigenvalue weighted by atomic mass is 9.72. The van der Waals surface area contributed by atoms with Crippen LogP contribution in [0.15, 0.2) is 29.8 Å². The maximum atomic E-state index is 12.3. The summed E-state index contributed by atoms with van der Waals surface area (Å²) in [5.74, 6) is -1.12. The number of carbonyl (C=O) groups is 2. The van der Waals surface area contributed by atoms with Crippen molar-refractivity contribution in [2.45, 2.75) is 40.0 Å². The number of aliphatic hydroxyl groups is 1. The molecule has 0 heterocycles. The van der Waals surface area contributed by atoms with Crippen LogP contribution in [0, 0.1) is 5.41 Å². The SMILES string of the molecule is CCCCC(C)(C)C1=C(O)c2ccccc2C(=O)C1=O. The summed E-state index contributed by atoms with van der Waals surface area (Å²) in [4.78, 5) is 24.5. The van der Waals surface area contributed by atoms with Crippen LogP contribution in [0.2, 0.25) is 0 Å². The van der Waals surface area contributed by atoms with Crippen molar-refractivity contribution in [3.63, 3.8) is 0 Å². The van der Waals surface area contributed by atoms with Crippen molar-refractivity contribution in [3.8, 4) is 0 Å². The molecule has 3 heteroatoms. The van der Waals surface area contributed by atoms with Gasteiger partial charge in [-0.2, -0.15) is 0 Å². The number of aliphatic hydroxyl groups excluding tert-OH is 1. The van der Waals surface area contributed by atoms with Gasteiger partial charge < -0.3 is 5.11 Å². The first-order valence-corrected chi connectivity index (χ1v) is 7.02. The van der Waals surface area contributed by atoms with E-state index in [4.69, 9.17) is 0 Å². The van der Waals surface area contributed by atoms with Crippen molar-refractivity contribution >= 4 is 17.3 Å². The first-order valence-electron chi connectivity index (χ1n) is 7.02. The largest absolute Gasteiger partial charge is 0.507 e. The van der Waals surface area contributed by atoms with Crippen molar-refractivity contribution in [1.82, 2.24) is 0 Å². The van der Waals surface area contributed by atoms with Gasteiger partial charge in [0.25, 0.3) is 0 Å². The van der Waals surface area contributed by atoms with Crippen LogP contribution in [0.25, 0.3) is 5.76 Å². The molecular weight excluding hydrogens is 252 g/mol. The quantitative estimate of drug-likeness (QED) is 0.845. The Hall–Kier alpha value is -1.90. The molecule has 0 aliphatic heterocycles. The fourth-order valence-corrected chi connectivity index (χ4v) is 2.74. The number of hydrogen-bond acceptors (Lipinski definition) is 3. The molecule has 0 saturated heterocycles. The standard InChI is InChI=1S/C17H20O3/c1-4-5-10-17(2,3)13-14(18)11-8-6-7-9-12(11)15(19)16(13)20/h6-9,18H,4-5,10H2,1-3H3. The number of hydrogen-bond donors (Lipinski definition) is 1. The number of Topliss-reactive ketones (excluding diaryl/α,β-unsaturated/α-hetero) is 2. The van der Waals surface area contributed by atoms with Gasteiger partial charge in [0, 0.05) is 11.1 Å². The van der Waals surface area contributed by atoms with Crippen molar-refractivity contribution in [2.75, 3.05) is 0 Å². The molecule has 0 fully saturated rings. The van der Waals surface area contributed by atoms with E-state index in [1.54, 1.807) is 24.3 Å². The average Bonchev–Trinajstić information content (AvgIpc) is 2.43. The van der Waals surface area contributed by atoms with Gasteiger partial charge in [-0.15, -0.1) is 0 Å². The molecule has 0 spiro atoms. The molecule has 1 aromatic rings. The average molecular weight is 272 g/mol. The number of benzene rings is 1. The third-order valence-electron chi connectivity index (χ3n) is 3.93. The highest BCUT2D eigenvalue weighted by atomic mass is 16.3. The topological polar surface area (TPSA) is 54.4 Å². The van der Waals surface area contributed by atoms with Gasteiger partial charge in [-0.3, -0.25) is 9.59 Å². The lowest BCUT2D eigenvalue weighted by molar-refractivity contribution is -0.112. The van der Waals surface area contributed by atoms with Crippen LogP contribution in [0.5, 0.6) is 0 Å². The number of rotatable bonds is 4. The number of ketones is 2. The Morgan fingerprint density at radius 3 is 2.25 bits per heavy atom. The van der Waals surface area contributed by atoms with Crippen LogP contribution in [0.4, 0.5) is 0 Å². The van der Waals surface area contributed by atoms with E-state index in [0.717, 1.165) is 19.3 Å². The molecule has 2 rings (SSSR count). The predicted molar refractivity (Wildman–Crippen MR) is 78.6 cm³/mol. The van der Waals surface area contributed by atoms with Gasteiger partial charge in [0.2, 0.25) is 11.6 Å². The molecule has 0 amide bonds. The van der Waals surface area contributed by atoms with Crippen LogP contribution >= 0.6 is 0 Å². The zero-order valence-corrected chi connectivity index (χ0v) is 12.2. The second kappa shape index (κ2) is 5.23. The summed E-state index contributed by atoms with van der Waals surface area (Å²) in [6.45, 7) is 5.90. The fraction of sp³-hybridized carbons (Fsp3) is 0.412. The zero-order chi connectivity index (χ0) is 14.9. The predicted octanol–water partition coefficient (Wildman–Crippen LogP) is 3.94. The first kappa shape index (κ1) is 14.5. The van der Waals surface area contributed by atoms with E-state index in [-0.39, 0.29) is 11.3 Å². The molecule has 0 atom stereocenters. The highest BCUT2D eigenvalue weighted by Crippen LogP contribution is 2.40. The monoisotopic (exact) mass is 272 g/mol. The third kappa shape index (κ3) is 2.28. The van der Waals surface area contributed by atoms with E-state index in [1.807, 2.05) is 13.8 Å². The van der Waals surface area contributed by atoms with E-state index in [9.17, 15) is 14.7 Å². The van der Waals surface area contributed by atoms with Gasteiger partial charge >= 0.3 is 0 Å². The molecule has 0 radical (unpaired) electrons. The van der Waals surface area contributed by atoms with Crippen molar-refractivity contribution in [3.05, 3.63) is 41.0 Å². The van der Waals surface area contributed by atoms with Gasteiger partial charge in [-0.05, 0) is 11.8 Å². The van der Waals surface area contributed by atoms with Gasteiger partial charge in [0.05, 0.1) is 5.57 Å². The fourth-order valence-electron chi connectivity index (χ4n) is 2.74. The summed E-state index contributed by atoms with van der Waals surface area (Å²) < 4.78 is 0. The van der Waals surface area contributed by atoms with Crippen molar-refractivity contribution in [2.24, 2.45) is 5.41 Å². The van der Waals surface area contributed by atoms with Gasteiger partial charge in [0.15, 0.2) is 0 Å². The normalized spacial score (nSPS) is 15.6. The van der Waals surface area contributed by atoms with Crippen molar-refractivity contribution < 1.29 is 14.7 Å². The summed E-state index contributed by atoms with van der Waals surface area (Å²) >= 11 is 0. The lowest BCUT2D eigenvalue weighted by Gasteiger charge is -2.30. The molecule has 0 unspecified atom stereocenters. The van der Waals surface area contributed by atoms with Gasteiger partial charge in [-0.25, -0.2) is 0 Å². The molecule has 1 aliphatic rings. The molecule has 0 aromatic heterocycles. The summed E-state index contributed by atoms with van der Waals surface area (Å²) in [6.07, 6.45) is 2.73. The Kier molecular flexibility index (Phi) is 3.80. The number of carbonyl (C=O) groups excluding carboxylic acids is 2. The second-order valence-corrected chi connectivity index (χ2v) is 5.91. The number of fused-ring (bicyclic) bond motifs is 1. The minimum absolute atomic E-state index is 0.0358. The van der Waals surface area contributed by atoms with Crippen molar-refractivity contribution in [1.29, 1.82) is 0 Å². The highest BCUT2D eigenvalue weighted by Gasteiger charge is 2.40. The molecule has 0 bridgehead atoms. The third-order valence-corrected chi connectivity index (χ3v) is 3.93.